The van der Waals surface area contributed by atoms with Crippen LogP contribution in [-0.2, 0) is 19.4 Å². The van der Waals surface area contributed by atoms with Gasteiger partial charge in [0.1, 0.15) is 24.0 Å². The van der Waals surface area contributed by atoms with E-state index in [-0.39, 0.29) is 24.0 Å². The molecule has 1 aliphatic rings. The van der Waals surface area contributed by atoms with E-state index in [1.807, 2.05) is 30.3 Å². The van der Waals surface area contributed by atoms with E-state index in [0.29, 0.717) is 13.2 Å². The van der Waals surface area contributed by atoms with E-state index in [1.54, 1.807) is 7.05 Å². The fourth-order valence-electron chi connectivity index (χ4n) is 3.10. The van der Waals surface area contributed by atoms with Crippen LogP contribution in [0, 0.1) is 0 Å². The lowest BCUT2D eigenvalue weighted by molar-refractivity contribution is 0.322. The molecule has 3 rings (SSSR count). The Balaban J connectivity index is 0.00000261. The van der Waals surface area contributed by atoms with Gasteiger partial charge in [0.25, 0.3) is 0 Å². The molecule has 1 aliphatic heterocycles. The van der Waals surface area contributed by atoms with Gasteiger partial charge < -0.3 is 19.9 Å². The van der Waals surface area contributed by atoms with E-state index in [4.69, 9.17) is 4.74 Å². The Hall–Kier alpha value is -1.84. The van der Waals surface area contributed by atoms with Crippen molar-refractivity contribution in [3.05, 3.63) is 42.0 Å². The minimum Gasteiger partial charge on any atom is -0.492 e. The molecule has 8 heteroatoms. The number of hydrogen-bond donors (Lipinski definition) is 2. The van der Waals surface area contributed by atoms with E-state index < -0.39 is 0 Å². The number of ether oxygens (including phenoxy) is 1. The largest absolute Gasteiger partial charge is 0.492 e. The molecule has 0 spiro atoms. The first-order valence-electron chi connectivity index (χ1n) is 9.40. The summed E-state index contributed by atoms with van der Waals surface area (Å²) in [5.74, 6) is 3.86. The lowest BCUT2D eigenvalue weighted by atomic mass is 10.2. The minimum absolute atomic E-state index is 0. The van der Waals surface area contributed by atoms with Crippen LogP contribution in [0.15, 0.2) is 35.3 Å². The standard InChI is InChI=1S/C19H28N6O.HI/c1-20-19(22-13-15-26-16-8-4-2-5-9-16)21-12-11-18-24-23-17-10-6-3-7-14-25(17)18;/h2,4-5,8-9H,3,6-7,10-15H2,1H3,(H2,20,21,22);1H. The Morgan fingerprint density at radius 2 is 1.93 bits per heavy atom. The first-order chi connectivity index (χ1) is 12.9. The number of rotatable bonds is 7. The molecule has 1 aromatic carbocycles. The van der Waals surface area contributed by atoms with Crippen molar-refractivity contribution in [3.8, 4) is 5.75 Å². The normalized spacial score (nSPS) is 13.9. The van der Waals surface area contributed by atoms with E-state index >= 15 is 0 Å². The first-order valence-corrected chi connectivity index (χ1v) is 9.40. The summed E-state index contributed by atoms with van der Waals surface area (Å²) < 4.78 is 7.96. The van der Waals surface area contributed by atoms with Gasteiger partial charge in [-0.3, -0.25) is 4.99 Å². The number of fused-ring (bicyclic) bond motifs is 1. The molecule has 0 saturated carbocycles. The predicted octanol–water partition coefficient (Wildman–Crippen LogP) is 2.41. The number of para-hydroxylation sites is 1. The highest BCUT2D eigenvalue weighted by atomic mass is 127. The van der Waals surface area contributed by atoms with Crippen LogP contribution in [0.2, 0.25) is 0 Å². The highest BCUT2D eigenvalue weighted by Crippen LogP contribution is 2.14. The molecule has 0 atom stereocenters. The molecule has 0 amide bonds. The summed E-state index contributed by atoms with van der Waals surface area (Å²) in [6.45, 7) is 3.09. The molecular formula is C19H29IN6O. The zero-order valence-electron chi connectivity index (χ0n) is 15.9. The molecule has 7 nitrogen and oxygen atoms in total. The number of aryl methyl sites for hydroxylation is 1. The van der Waals surface area contributed by atoms with Gasteiger partial charge >= 0.3 is 0 Å². The molecular weight excluding hydrogens is 455 g/mol. The topological polar surface area (TPSA) is 76.4 Å². The Labute approximate surface area is 178 Å². The zero-order valence-corrected chi connectivity index (χ0v) is 18.2. The third-order valence-corrected chi connectivity index (χ3v) is 4.46. The summed E-state index contributed by atoms with van der Waals surface area (Å²) in [7, 11) is 1.77. The van der Waals surface area contributed by atoms with Crippen LogP contribution in [0.4, 0.5) is 0 Å². The second-order valence-corrected chi connectivity index (χ2v) is 6.33. The number of nitrogens with zero attached hydrogens (tertiary/aromatic N) is 4. The van der Waals surface area contributed by atoms with Gasteiger partial charge in [-0.15, -0.1) is 34.2 Å². The highest BCUT2D eigenvalue weighted by molar-refractivity contribution is 14.0. The maximum Gasteiger partial charge on any atom is 0.191 e. The molecule has 0 aliphatic carbocycles. The van der Waals surface area contributed by atoms with Gasteiger partial charge in [0.2, 0.25) is 0 Å². The van der Waals surface area contributed by atoms with E-state index in [0.717, 1.165) is 49.3 Å². The number of guanidine groups is 1. The quantitative estimate of drug-likeness (QED) is 0.273. The number of benzene rings is 1. The van der Waals surface area contributed by atoms with Crippen LogP contribution < -0.4 is 15.4 Å². The molecule has 0 saturated heterocycles. The van der Waals surface area contributed by atoms with Crippen molar-refractivity contribution in [2.24, 2.45) is 4.99 Å². The predicted molar refractivity (Wildman–Crippen MR) is 118 cm³/mol. The minimum atomic E-state index is 0. The van der Waals surface area contributed by atoms with Crippen molar-refractivity contribution in [1.29, 1.82) is 0 Å². The van der Waals surface area contributed by atoms with Gasteiger partial charge in [0, 0.05) is 33.0 Å². The monoisotopic (exact) mass is 484 g/mol. The molecule has 2 N–H and O–H groups in total. The lowest BCUT2D eigenvalue weighted by Gasteiger charge is -2.13. The highest BCUT2D eigenvalue weighted by Gasteiger charge is 2.14. The maximum atomic E-state index is 5.67. The van der Waals surface area contributed by atoms with Gasteiger partial charge in [0.15, 0.2) is 5.96 Å². The smallest absolute Gasteiger partial charge is 0.191 e. The Bertz CT molecular complexity index is 703. The molecule has 0 unspecified atom stereocenters. The fraction of sp³-hybridized carbons (Fsp3) is 0.526. The summed E-state index contributed by atoms with van der Waals surface area (Å²) in [5.41, 5.74) is 0. The zero-order chi connectivity index (χ0) is 18.0. The fourth-order valence-corrected chi connectivity index (χ4v) is 3.10. The Kier molecular flexibility index (Phi) is 9.37. The third kappa shape index (κ3) is 6.67. The summed E-state index contributed by atoms with van der Waals surface area (Å²) >= 11 is 0. The van der Waals surface area contributed by atoms with Gasteiger partial charge in [-0.05, 0) is 25.0 Å². The average molecular weight is 484 g/mol. The van der Waals surface area contributed by atoms with Crippen LogP contribution in [0.25, 0.3) is 0 Å². The van der Waals surface area contributed by atoms with Gasteiger partial charge in [-0.1, -0.05) is 24.6 Å². The van der Waals surface area contributed by atoms with Crippen LogP contribution in [0.5, 0.6) is 5.75 Å². The van der Waals surface area contributed by atoms with Crippen LogP contribution in [0.3, 0.4) is 0 Å². The molecule has 2 aromatic rings. The van der Waals surface area contributed by atoms with E-state index in [9.17, 15) is 0 Å². The second kappa shape index (κ2) is 11.8. The Morgan fingerprint density at radius 1 is 1.11 bits per heavy atom. The van der Waals surface area contributed by atoms with Crippen molar-refractivity contribution in [2.45, 2.75) is 38.6 Å². The average Bonchev–Trinajstić information content (AvgIpc) is 2.90. The van der Waals surface area contributed by atoms with Gasteiger partial charge in [-0.2, -0.15) is 0 Å². The van der Waals surface area contributed by atoms with Crippen LogP contribution in [-0.4, -0.2) is 47.5 Å². The first kappa shape index (κ1) is 21.5. The number of aromatic nitrogens is 3. The lowest BCUT2D eigenvalue weighted by Crippen LogP contribution is -2.40. The summed E-state index contributed by atoms with van der Waals surface area (Å²) in [5, 5.41) is 15.3. The summed E-state index contributed by atoms with van der Waals surface area (Å²) in [6, 6.07) is 9.82. The number of halogens is 1. The van der Waals surface area contributed by atoms with Crippen molar-refractivity contribution < 1.29 is 4.74 Å². The second-order valence-electron chi connectivity index (χ2n) is 6.33. The summed E-state index contributed by atoms with van der Waals surface area (Å²) in [6.07, 6.45) is 5.61. The van der Waals surface area contributed by atoms with Gasteiger partial charge in [0.05, 0.1) is 6.54 Å². The van der Waals surface area contributed by atoms with Crippen LogP contribution >= 0.6 is 24.0 Å². The number of hydrogen-bond acceptors (Lipinski definition) is 4. The SMILES string of the molecule is CN=C(NCCOc1ccccc1)NCCc1nnc2n1CCCCC2.I. The van der Waals surface area contributed by atoms with Crippen molar-refractivity contribution in [1.82, 2.24) is 25.4 Å². The molecule has 1 aromatic heterocycles. The van der Waals surface area contributed by atoms with Crippen LogP contribution in [0.1, 0.15) is 30.9 Å². The van der Waals surface area contributed by atoms with Crippen molar-refractivity contribution in [2.75, 3.05) is 26.7 Å². The molecule has 0 bridgehead atoms. The maximum absolute atomic E-state index is 5.67. The molecule has 27 heavy (non-hydrogen) atoms. The molecule has 148 valence electrons. The number of aliphatic imine (C=N–C) groups is 1. The molecule has 2 heterocycles. The van der Waals surface area contributed by atoms with E-state index in [2.05, 4.69) is 30.4 Å². The van der Waals surface area contributed by atoms with E-state index in [1.165, 1.54) is 19.3 Å². The number of nitrogens with one attached hydrogen (secondary N) is 2. The molecule has 0 radical (unpaired) electrons. The molecule has 0 fully saturated rings. The van der Waals surface area contributed by atoms with Crippen molar-refractivity contribution in [3.63, 3.8) is 0 Å². The van der Waals surface area contributed by atoms with Crippen molar-refractivity contribution >= 4 is 29.9 Å². The Morgan fingerprint density at radius 3 is 2.74 bits per heavy atom. The third-order valence-electron chi connectivity index (χ3n) is 4.46. The summed E-state index contributed by atoms with van der Waals surface area (Å²) in [4.78, 5) is 4.25. The van der Waals surface area contributed by atoms with Gasteiger partial charge in [-0.25, -0.2) is 0 Å².